The van der Waals surface area contributed by atoms with Gasteiger partial charge < -0.3 is 9.84 Å². The van der Waals surface area contributed by atoms with Crippen molar-refractivity contribution in [1.29, 1.82) is 0 Å². The topological polar surface area (TPSA) is 76.7 Å². The summed E-state index contributed by atoms with van der Waals surface area (Å²) in [6.45, 7) is 9.58. The van der Waals surface area contributed by atoms with Crippen molar-refractivity contribution in [1.82, 2.24) is 25.4 Å². The maximum Gasteiger partial charge on any atom is 0.240 e. The monoisotopic (exact) mass is 275 g/mol. The molecule has 0 radical (unpaired) electrons. The number of aromatic nitrogens is 4. The fraction of sp³-hybridized carbons (Fsp3) is 0.571. The fourth-order valence-corrected chi connectivity index (χ4v) is 1.95. The van der Waals surface area contributed by atoms with E-state index in [2.05, 4.69) is 53.1 Å². The quantitative estimate of drug-likeness (QED) is 0.900. The van der Waals surface area contributed by atoms with Crippen LogP contribution in [-0.2, 0) is 6.42 Å². The Hall–Kier alpha value is -1.82. The van der Waals surface area contributed by atoms with E-state index in [0.29, 0.717) is 24.0 Å². The SMILES string of the molecule is CCNC(Cc1nc(-c2ncccn2)no1)C(C)(C)C. The standard InChI is InChI=1S/C14H21N5O/c1-5-15-10(14(2,3)4)9-11-18-13(19-20-11)12-16-7-6-8-17-12/h6-8,10,15H,5,9H2,1-4H3. The maximum absolute atomic E-state index is 5.31. The molecule has 1 unspecified atom stereocenters. The van der Waals surface area contributed by atoms with Gasteiger partial charge in [-0.05, 0) is 18.0 Å². The molecule has 108 valence electrons. The van der Waals surface area contributed by atoms with E-state index in [-0.39, 0.29) is 11.5 Å². The summed E-state index contributed by atoms with van der Waals surface area (Å²) in [5.41, 5.74) is 0.119. The Morgan fingerprint density at radius 3 is 2.50 bits per heavy atom. The highest BCUT2D eigenvalue weighted by Gasteiger charge is 2.26. The Morgan fingerprint density at radius 2 is 1.90 bits per heavy atom. The zero-order valence-corrected chi connectivity index (χ0v) is 12.4. The molecule has 6 heteroatoms. The summed E-state index contributed by atoms with van der Waals surface area (Å²) in [5, 5.41) is 7.40. The van der Waals surface area contributed by atoms with Crippen LogP contribution in [0.4, 0.5) is 0 Å². The van der Waals surface area contributed by atoms with Gasteiger partial charge in [-0.25, -0.2) is 9.97 Å². The number of likely N-dealkylation sites (N-methyl/N-ethyl adjacent to an activating group) is 1. The smallest absolute Gasteiger partial charge is 0.240 e. The molecule has 2 aromatic rings. The highest BCUT2D eigenvalue weighted by molar-refractivity contribution is 5.40. The first kappa shape index (κ1) is 14.6. The second-order valence-electron chi connectivity index (χ2n) is 5.76. The lowest BCUT2D eigenvalue weighted by Gasteiger charge is -2.30. The van der Waals surface area contributed by atoms with Crippen molar-refractivity contribution in [2.45, 2.75) is 40.2 Å². The lowest BCUT2D eigenvalue weighted by molar-refractivity contribution is 0.247. The number of hydrogen-bond donors (Lipinski definition) is 1. The van der Waals surface area contributed by atoms with Crippen molar-refractivity contribution >= 4 is 0 Å². The van der Waals surface area contributed by atoms with E-state index in [0.717, 1.165) is 6.54 Å². The van der Waals surface area contributed by atoms with Gasteiger partial charge in [0.15, 0.2) is 0 Å². The van der Waals surface area contributed by atoms with Crippen LogP contribution in [0.2, 0.25) is 0 Å². The fourth-order valence-electron chi connectivity index (χ4n) is 1.95. The molecule has 2 heterocycles. The molecular weight excluding hydrogens is 254 g/mol. The predicted molar refractivity (Wildman–Crippen MR) is 75.9 cm³/mol. The molecule has 0 aliphatic carbocycles. The molecule has 0 saturated carbocycles. The van der Waals surface area contributed by atoms with Crippen molar-refractivity contribution in [2.75, 3.05) is 6.54 Å². The predicted octanol–water partition coefficient (Wildman–Crippen LogP) is 2.09. The molecule has 6 nitrogen and oxygen atoms in total. The van der Waals surface area contributed by atoms with Crippen LogP contribution in [0.3, 0.4) is 0 Å². The van der Waals surface area contributed by atoms with Crippen LogP contribution in [0.1, 0.15) is 33.6 Å². The largest absolute Gasteiger partial charge is 0.339 e. The molecular formula is C14H21N5O. The van der Waals surface area contributed by atoms with Crippen LogP contribution in [0.25, 0.3) is 11.6 Å². The first-order valence-electron chi connectivity index (χ1n) is 6.84. The number of nitrogens with zero attached hydrogens (tertiary/aromatic N) is 4. The normalized spacial score (nSPS) is 13.4. The first-order valence-corrected chi connectivity index (χ1v) is 6.84. The van der Waals surface area contributed by atoms with Crippen LogP contribution < -0.4 is 5.32 Å². The molecule has 0 bridgehead atoms. The highest BCUT2D eigenvalue weighted by Crippen LogP contribution is 2.22. The summed E-state index contributed by atoms with van der Waals surface area (Å²) < 4.78 is 5.31. The van der Waals surface area contributed by atoms with Crippen molar-refractivity contribution in [3.8, 4) is 11.6 Å². The molecule has 0 aliphatic rings. The van der Waals surface area contributed by atoms with Gasteiger partial charge in [0.05, 0.1) is 0 Å². The second-order valence-corrected chi connectivity index (χ2v) is 5.76. The van der Waals surface area contributed by atoms with Crippen molar-refractivity contribution in [3.63, 3.8) is 0 Å². The molecule has 0 spiro atoms. The first-order chi connectivity index (χ1) is 9.50. The summed E-state index contributed by atoms with van der Waals surface area (Å²) >= 11 is 0. The zero-order valence-electron chi connectivity index (χ0n) is 12.4. The lowest BCUT2D eigenvalue weighted by Crippen LogP contribution is -2.41. The van der Waals surface area contributed by atoms with Crippen LogP contribution in [-0.4, -0.2) is 32.7 Å². The molecule has 1 N–H and O–H groups in total. The molecule has 0 aliphatic heterocycles. The van der Waals surface area contributed by atoms with Gasteiger partial charge in [0.25, 0.3) is 0 Å². The third-order valence-corrected chi connectivity index (χ3v) is 3.11. The van der Waals surface area contributed by atoms with Crippen LogP contribution in [0, 0.1) is 5.41 Å². The molecule has 1 atom stereocenters. The van der Waals surface area contributed by atoms with Gasteiger partial charge in [0.1, 0.15) is 0 Å². The summed E-state index contributed by atoms with van der Waals surface area (Å²) in [5.74, 6) is 1.52. The van der Waals surface area contributed by atoms with E-state index in [4.69, 9.17) is 4.52 Å². The average Bonchev–Trinajstić information content (AvgIpc) is 2.87. The minimum atomic E-state index is 0.119. The average molecular weight is 275 g/mol. The van der Waals surface area contributed by atoms with Gasteiger partial charge in [0, 0.05) is 24.9 Å². The van der Waals surface area contributed by atoms with Gasteiger partial charge in [-0.15, -0.1) is 0 Å². The molecule has 0 aromatic carbocycles. The molecule has 2 rings (SSSR count). The van der Waals surface area contributed by atoms with Gasteiger partial charge in [0.2, 0.25) is 17.5 Å². The van der Waals surface area contributed by atoms with E-state index in [9.17, 15) is 0 Å². The lowest BCUT2D eigenvalue weighted by atomic mass is 9.84. The Bertz CT molecular complexity index is 532. The van der Waals surface area contributed by atoms with Gasteiger partial charge in [-0.3, -0.25) is 0 Å². The molecule has 20 heavy (non-hydrogen) atoms. The molecule has 0 fully saturated rings. The summed E-state index contributed by atoms with van der Waals surface area (Å²) in [6, 6.07) is 2.03. The summed E-state index contributed by atoms with van der Waals surface area (Å²) in [7, 11) is 0. The number of nitrogens with one attached hydrogen (secondary N) is 1. The third kappa shape index (κ3) is 3.60. The van der Waals surface area contributed by atoms with Gasteiger partial charge in [-0.2, -0.15) is 4.98 Å². The number of hydrogen-bond acceptors (Lipinski definition) is 6. The Balaban J connectivity index is 2.13. The van der Waals surface area contributed by atoms with E-state index < -0.39 is 0 Å². The van der Waals surface area contributed by atoms with Crippen molar-refractivity contribution < 1.29 is 4.52 Å². The molecule has 0 amide bonds. The van der Waals surface area contributed by atoms with E-state index in [1.807, 2.05) is 0 Å². The molecule has 2 aromatic heterocycles. The Morgan fingerprint density at radius 1 is 1.20 bits per heavy atom. The van der Waals surface area contributed by atoms with Gasteiger partial charge in [-0.1, -0.05) is 32.9 Å². The minimum Gasteiger partial charge on any atom is -0.339 e. The second kappa shape index (κ2) is 6.09. The third-order valence-electron chi connectivity index (χ3n) is 3.11. The summed E-state index contributed by atoms with van der Waals surface area (Å²) in [4.78, 5) is 12.6. The highest BCUT2D eigenvalue weighted by atomic mass is 16.5. The van der Waals surface area contributed by atoms with Crippen molar-refractivity contribution in [2.24, 2.45) is 5.41 Å². The van der Waals surface area contributed by atoms with Crippen LogP contribution in [0.5, 0.6) is 0 Å². The number of rotatable bonds is 5. The van der Waals surface area contributed by atoms with Crippen LogP contribution >= 0.6 is 0 Å². The summed E-state index contributed by atoms with van der Waals surface area (Å²) in [6.07, 6.45) is 4.01. The van der Waals surface area contributed by atoms with E-state index in [1.165, 1.54) is 0 Å². The van der Waals surface area contributed by atoms with Gasteiger partial charge >= 0.3 is 0 Å². The van der Waals surface area contributed by atoms with E-state index >= 15 is 0 Å². The molecule has 0 saturated heterocycles. The van der Waals surface area contributed by atoms with E-state index in [1.54, 1.807) is 18.5 Å². The maximum atomic E-state index is 5.31. The Labute approximate surface area is 119 Å². The minimum absolute atomic E-state index is 0.119. The zero-order chi connectivity index (χ0) is 14.6. The van der Waals surface area contributed by atoms with Crippen LogP contribution in [0.15, 0.2) is 23.0 Å². The van der Waals surface area contributed by atoms with Crippen molar-refractivity contribution in [3.05, 3.63) is 24.4 Å². The Kier molecular flexibility index (Phi) is 4.44.